The molecule has 2 unspecified atom stereocenters. The van der Waals surface area contributed by atoms with E-state index in [0.29, 0.717) is 5.58 Å². The van der Waals surface area contributed by atoms with Crippen molar-refractivity contribution >= 4 is 28.6 Å². The predicted molar refractivity (Wildman–Crippen MR) is 134 cm³/mol. The molecule has 34 heavy (non-hydrogen) atoms. The van der Waals surface area contributed by atoms with Crippen LogP contribution in [0.25, 0.3) is 17.0 Å². The van der Waals surface area contributed by atoms with Crippen LogP contribution >= 0.6 is 0 Å². The van der Waals surface area contributed by atoms with Crippen LogP contribution in [0.3, 0.4) is 0 Å². The van der Waals surface area contributed by atoms with E-state index in [1.54, 1.807) is 6.07 Å². The van der Waals surface area contributed by atoms with Gasteiger partial charge in [-0.2, -0.15) is 5.26 Å². The van der Waals surface area contributed by atoms with Gasteiger partial charge in [0.05, 0.1) is 12.0 Å². The van der Waals surface area contributed by atoms with Gasteiger partial charge in [-0.25, -0.2) is 0 Å². The summed E-state index contributed by atoms with van der Waals surface area (Å²) in [6, 6.07) is 10.2. The van der Waals surface area contributed by atoms with Gasteiger partial charge in [0.25, 0.3) is 5.91 Å². The zero-order valence-electron chi connectivity index (χ0n) is 19.6. The van der Waals surface area contributed by atoms with Crippen molar-refractivity contribution in [2.75, 3.05) is 37.6 Å². The van der Waals surface area contributed by atoms with E-state index in [1.807, 2.05) is 12.1 Å². The third-order valence-corrected chi connectivity index (χ3v) is 7.30. The molecule has 1 amide bonds. The Balaban J connectivity index is 1.10. The molecule has 1 saturated heterocycles. The number of anilines is 1. The number of nitrogens with one attached hydrogen (secondary N) is 1. The number of carbonyl (C=O) groups is 1. The summed E-state index contributed by atoms with van der Waals surface area (Å²) >= 11 is 0. The number of fused-ring (bicyclic) bond motifs is 2. The van der Waals surface area contributed by atoms with Gasteiger partial charge in [0.2, 0.25) is 0 Å². The molecular formula is C27H31N5O2. The number of unbranched alkanes of at least 4 members (excludes halogenated alkanes) is 1. The molecule has 3 N–H and O–H groups in total. The summed E-state index contributed by atoms with van der Waals surface area (Å²) < 4.78 is 5.50. The summed E-state index contributed by atoms with van der Waals surface area (Å²) in [6.45, 7) is 7.32. The molecule has 2 aliphatic rings. The zero-order chi connectivity index (χ0) is 23.7. The number of allylic oxidation sites excluding steroid dienone is 1. The lowest BCUT2D eigenvalue weighted by molar-refractivity contribution is 0.0976. The van der Waals surface area contributed by atoms with Gasteiger partial charge < -0.3 is 20.0 Å². The number of aromatic amines is 1. The number of aryl methyl sites for hydroxylation is 1. The standard InChI is InChI=1S/C27H31N5O2/c1-18-19(16-28)5-7-23-26(18)20(17-30-23)4-2-3-9-31-10-12-32(13-11-31)22-6-8-24-21(14-22)15-25(34-24)27(29)33/h5-8,14-15,17-19,30H,2-4,9-13H2,1H3,(H2,29,33). The molecule has 1 aliphatic heterocycles. The Bertz CT molecular complexity index is 1260. The van der Waals surface area contributed by atoms with Gasteiger partial charge in [-0.1, -0.05) is 13.0 Å². The molecule has 0 radical (unpaired) electrons. The van der Waals surface area contributed by atoms with Gasteiger partial charge >= 0.3 is 0 Å². The Morgan fingerprint density at radius 2 is 2.06 bits per heavy atom. The molecule has 3 heterocycles. The van der Waals surface area contributed by atoms with E-state index < -0.39 is 5.91 Å². The molecule has 2 atom stereocenters. The van der Waals surface area contributed by atoms with Gasteiger partial charge in [0, 0.05) is 55.1 Å². The van der Waals surface area contributed by atoms with Crippen molar-refractivity contribution in [2.45, 2.75) is 32.1 Å². The van der Waals surface area contributed by atoms with Crippen LogP contribution in [0.2, 0.25) is 0 Å². The SMILES string of the molecule is CC1c2c(CCCCN3CCN(c4ccc5oc(C(N)=O)cc5c4)CC3)c[nH]c2C=CC1C#N. The molecule has 176 valence electrons. The number of amides is 1. The average molecular weight is 458 g/mol. The maximum atomic E-state index is 11.4. The molecule has 0 spiro atoms. The second-order valence-electron chi connectivity index (χ2n) is 9.43. The first-order valence-electron chi connectivity index (χ1n) is 12.1. The molecular weight excluding hydrogens is 426 g/mol. The fraction of sp³-hybridized carbons (Fsp3) is 0.407. The molecule has 1 aromatic carbocycles. The number of nitriles is 1. The highest BCUT2D eigenvalue weighted by atomic mass is 16.3. The van der Waals surface area contributed by atoms with Crippen LogP contribution in [0, 0.1) is 17.2 Å². The van der Waals surface area contributed by atoms with Crippen LogP contribution in [-0.2, 0) is 6.42 Å². The lowest BCUT2D eigenvalue weighted by Crippen LogP contribution is -2.46. The van der Waals surface area contributed by atoms with E-state index in [9.17, 15) is 10.1 Å². The summed E-state index contributed by atoms with van der Waals surface area (Å²) in [5.74, 6) is -0.117. The minimum Gasteiger partial charge on any atom is -0.451 e. The first-order valence-corrected chi connectivity index (χ1v) is 12.1. The van der Waals surface area contributed by atoms with Gasteiger partial charge in [0.1, 0.15) is 5.58 Å². The van der Waals surface area contributed by atoms with E-state index in [4.69, 9.17) is 10.2 Å². The first kappa shape index (κ1) is 22.3. The van der Waals surface area contributed by atoms with Crippen molar-refractivity contribution in [1.29, 1.82) is 5.26 Å². The lowest BCUT2D eigenvalue weighted by Gasteiger charge is -2.36. The number of piperazine rings is 1. The molecule has 3 aromatic rings. The first-order chi connectivity index (χ1) is 16.5. The fourth-order valence-corrected chi connectivity index (χ4v) is 5.31. The minimum atomic E-state index is -0.541. The fourth-order valence-electron chi connectivity index (χ4n) is 5.31. The van der Waals surface area contributed by atoms with E-state index >= 15 is 0 Å². The largest absolute Gasteiger partial charge is 0.451 e. The zero-order valence-corrected chi connectivity index (χ0v) is 19.6. The normalized spacial score (nSPS) is 20.4. The number of furan rings is 1. The van der Waals surface area contributed by atoms with Crippen molar-refractivity contribution in [2.24, 2.45) is 11.7 Å². The summed E-state index contributed by atoms with van der Waals surface area (Å²) in [5.41, 5.74) is 11.0. The number of carbonyl (C=O) groups excluding carboxylic acids is 1. The van der Waals surface area contributed by atoms with Crippen LogP contribution in [0.1, 0.15) is 53.1 Å². The van der Waals surface area contributed by atoms with Gasteiger partial charge in [-0.05, 0) is 67.3 Å². The number of aromatic nitrogens is 1. The molecule has 0 saturated carbocycles. The monoisotopic (exact) mass is 457 g/mol. The van der Waals surface area contributed by atoms with E-state index in [-0.39, 0.29) is 17.6 Å². The predicted octanol–water partition coefficient (Wildman–Crippen LogP) is 4.27. The molecule has 5 rings (SSSR count). The molecule has 0 bridgehead atoms. The summed E-state index contributed by atoms with van der Waals surface area (Å²) in [4.78, 5) is 19.7. The minimum absolute atomic E-state index is 0.0298. The number of nitrogens with zero attached hydrogens (tertiary/aromatic N) is 3. The van der Waals surface area contributed by atoms with Crippen molar-refractivity contribution in [3.05, 3.63) is 59.1 Å². The summed E-state index contributed by atoms with van der Waals surface area (Å²) in [6.07, 6.45) is 9.58. The van der Waals surface area contributed by atoms with Crippen LogP contribution in [0.15, 0.2) is 41.0 Å². The summed E-state index contributed by atoms with van der Waals surface area (Å²) in [5, 5.41) is 10.3. The van der Waals surface area contributed by atoms with E-state index in [1.165, 1.54) is 23.2 Å². The maximum absolute atomic E-state index is 11.4. The van der Waals surface area contributed by atoms with Crippen molar-refractivity contribution in [3.63, 3.8) is 0 Å². The van der Waals surface area contributed by atoms with Crippen molar-refractivity contribution in [1.82, 2.24) is 9.88 Å². The van der Waals surface area contributed by atoms with E-state index in [2.05, 4.69) is 52.2 Å². The van der Waals surface area contributed by atoms with Gasteiger partial charge in [0.15, 0.2) is 5.76 Å². The average Bonchev–Trinajstić information content (AvgIpc) is 3.47. The Morgan fingerprint density at radius 1 is 1.24 bits per heavy atom. The number of benzene rings is 1. The van der Waals surface area contributed by atoms with Crippen LogP contribution in [0.4, 0.5) is 5.69 Å². The molecule has 7 nitrogen and oxygen atoms in total. The number of rotatable bonds is 7. The van der Waals surface area contributed by atoms with Crippen LogP contribution < -0.4 is 10.6 Å². The second-order valence-corrected chi connectivity index (χ2v) is 9.43. The molecule has 1 fully saturated rings. The number of nitrogens with two attached hydrogens (primary N) is 1. The molecule has 7 heteroatoms. The highest BCUT2D eigenvalue weighted by molar-refractivity contribution is 5.95. The molecule has 1 aliphatic carbocycles. The summed E-state index contributed by atoms with van der Waals surface area (Å²) in [7, 11) is 0. The number of hydrogen-bond donors (Lipinski definition) is 2. The maximum Gasteiger partial charge on any atom is 0.284 e. The van der Waals surface area contributed by atoms with Crippen LogP contribution in [-0.4, -0.2) is 48.5 Å². The van der Waals surface area contributed by atoms with Gasteiger partial charge in [-0.3, -0.25) is 9.69 Å². The highest BCUT2D eigenvalue weighted by Gasteiger charge is 2.26. The van der Waals surface area contributed by atoms with Crippen molar-refractivity contribution < 1.29 is 9.21 Å². The smallest absolute Gasteiger partial charge is 0.284 e. The third kappa shape index (κ3) is 4.34. The Morgan fingerprint density at radius 3 is 2.82 bits per heavy atom. The van der Waals surface area contributed by atoms with E-state index in [0.717, 1.165) is 56.6 Å². The highest BCUT2D eigenvalue weighted by Crippen LogP contribution is 2.36. The quantitative estimate of drug-likeness (QED) is 0.516. The second kappa shape index (κ2) is 9.40. The van der Waals surface area contributed by atoms with Crippen LogP contribution in [0.5, 0.6) is 0 Å². The Hall–Kier alpha value is -3.50. The Kier molecular flexibility index (Phi) is 6.16. The third-order valence-electron chi connectivity index (χ3n) is 7.30. The van der Waals surface area contributed by atoms with Crippen molar-refractivity contribution in [3.8, 4) is 6.07 Å². The Labute approximate surface area is 199 Å². The number of H-pyrrole nitrogens is 1. The molecule has 2 aromatic heterocycles. The number of hydrogen-bond acceptors (Lipinski definition) is 5. The lowest BCUT2D eigenvalue weighted by atomic mass is 9.81. The van der Waals surface area contributed by atoms with Gasteiger partial charge in [-0.15, -0.1) is 0 Å². The number of primary amides is 1. The topological polar surface area (TPSA) is 102 Å².